The van der Waals surface area contributed by atoms with Crippen LogP contribution in [0, 0.1) is 5.82 Å². The molecule has 0 aromatic heterocycles. The maximum Gasteiger partial charge on any atom is 0.325 e. The van der Waals surface area contributed by atoms with Crippen LogP contribution in [0.1, 0.15) is 28.9 Å². The van der Waals surface area contributed by atoms with Gasteiger partial charge in [-0.3, -0.25) is 14.4 Å². The van der Waals surface area contributed by atoms with Crippen molar-refractivity contribution in [3.63, 3.8) is 0 Å². The van der Waals surface area contributed by atoms with Crippen molar-refractivity contribution in [3.8, 4) is 0 Å². The largest absolute Gasteiger partial charge is 0.454 e. The summed E-state index contributed by atoms with van der Waals surface area (Å²) in [4.78, 5) is 35.2. The summed E-state index contributed by atoms with van der Waals surface area (Å²) in [6.45, 7) is 0.879. The molecule has 136 valence electrons. The van der Waals surface area contributed by atoms with Gasteiger partial charge in [0.1, 0.15) is 12.4 Å². The van der Waals surface area contributed by atoms with Gasteiger partial charge in [-0.25, -0.2) is 4.39 Å². The van der Waals surface area contributed by atoms with Crippen molar-refractivity contribution in [1.29, 1.82) is 0 Å². The predicted octanol–water partition coefficient (Wildman–Crippen LogP) is 1.98. The Bertz CT molecular complexity index is 780. The van der Waals surface area contributed by atoms with E-state index in [0.29, 0.717) is 0 Å². The lowest BCUT2D eigenvalue weighted by atomic mass is 10.1. The molecule has 0 radical (unpaired) electrons. The Morgan fingerprint density at radius 1 is 1.04 bits per heavy atom. The van der Waals surface area contributed by atoms with E-state index in [1.807, 2.05) is 37.3 Å². The molecule has 2 amide bonds. The highest BCUT2D eigenvalue weighted by molar-refractivity contribution is 5.96. The average Bonchev–Trinajstić information content (AvgIpc) is 2.65. The smallest absolute Gasteiger partial charge is 0.325 e. The van der Waals surface area contributed by atoms with E-state index in [1.165, 1.54) is 18.2 Å². The van der Waals surface area contributed by atoms with E-state index >= 15 is 0 Å². The van der Waals surface area contributed by atoms with Gasteiger partial charge < -0.3 is 15.4 Å². The molecule has 0 unspecified atom stereocenters. The quantitative estimate of drug-likeness (QED) is 0.741. The Morgan fingerprint density at radius 3 is 2.38 bits per heavy atom. The molecule has 0 aliphatic carbocycles. The van der Waals surface area contributed by atoms with Gasteiger partial charge in [-0.15, -0.1) is 0 Å². The third-order valence-electron chi connectivity index (χ3n) is 3.55. The first-order chi connectivity index (χ1) is 12.5. The van der Waals surface area contributed by atoms with Crippen molar-refractivity contribution < 1.29 is 23.5 Å². The lowest BCUT2D eigenvalue weighted by Gasteiger charge is -2.14. The number of nitrogens with one attached hydrogen (secondary N) is 2. The molecule has 0 bridgehead atoms. The van der Waals surface area contributed by atoms with E-state index in [4.69, 9.17) is 4.74 Å². The van der Waals surface area contributed by atoms with Gasteiger partial charge in [0.25, 0.3) is 11.8 Å². The highest BCUT2D eigenvalue weighted by atomic mass is 19.1. The molecule has 0 aliphatic heterocycles. The number of carbonyl (C=O) groups is 3. The molecule has 0 heterocycles. The molecule has 2 aromatic carbocycles. The molecular formula is C19H19FN2O4. The van der Waals surface area contributed by atoms with Crippen molar-refractivity contribution in [2.45, 2.75) is 13.0 Å². The zero-order valence-electron chi connectivity index (χ0n) is 14.2. The highest BCUT2D eigenvalue weighted by Gasteiger charge is 2.14. The van der Waals surface area contributed by atoms with Crippen LogP contribution in [0.3, 0.4) is 0 Å². The summed E-state index contributed by atoms with van der Waals surface area (Å²) in [6.07, 6.45) is 0. The first kappa shape index (κ1) is 19.1. The third-order valence-corrected chi connectivity index (χ3v) is 3.55. The monoisotopic (exact) mass is 358 g/mol. The Balaban J connectivity index is 1.72. The molecule has 2 aromatic rings. The summed E-state index contributed by atoms with van der Waals surface area (Å²) >= 11 is 0. The van der Waals surface area contributed by atoms with Crippen LogP contribution < -0.4 is 10.6 Å². The number of carbonyl (C=O) groups excluding carboxylic acids is 3. The van der Waals surface area contributed by atoms with Crippen LogP contribution in [0.4, 0.5) is 4.39 Å². The van der Waals surface area contributed by atoms with Crippen LogP contribution in [0.25, 0.3) is 0 Å². The van der Waals surface area contributed by atoms with Gasteiger partial charge in [-0.2, -0.15) is 0 Å². The molecule has 0 fully saturated rings. The Labute approximate surface area is 150 Å². The summed E-state index contributed by atoms with van der Waals surface area (Å²) in [5, 5.41) is 4.94. The molecule has 1 atom stereocenters. The number of esters is 1. The van der Waals surface area contributed by atoms with Crippen LogP contribution in [-0.4, -0.2) is 30.9 Å². The second-order valence-corrected chi connectivity index (χ2v) is 5.52. The first-order valence-electron chi connectivity index (χ1n) is 8.00. The predicted molar refractivity (Wildman–Crippen MR) is 92.7 cm³/mol. The van der Waals surface area contributed by atoms with Crippen molar-refractivity contribution >= 4 is 17.8 Å². The van der Waals surface area contributed by atoms with E-state index in [-0.39, 0.29) is 11.6 Å². The minimum Gasteiger partial charge on any atom is -0.454 e. The molecule has 0 spiro atoms. The van der Waals surface area contributed by atoms with Crippen molar-refractivity contribution in [1.82, 2.24) is 10.6 Å². The summed E-state index contributed by atoms with van der Waals surface area (Å²) in [5.74, 6) is -2.68. The molecule has 2 N–H and O–H groups in total. The van der Waals surface area contributed by atoms with Gasteiger partial charge >= 0.3 is 5.97 Å². The minimum atomic E-state index is -0.794. The maximum absolute atomic E-state index is 13.4. The summed E-state index contributed by atoms with van der Waals surface area (Å²) in [5.41, 5.74) is 0.749. The Morgan fingerprint density at radius 2 is 1.69 bits per heavy atom. The van der Waals surface area contributed by atoms with Gasteiger partial charge in [0.2, 0.25) is 0 Å². The van der Waals surface area contributed by atoms with Crippen LogP contribution in [-0.2, 0) is 14.3 Å². The molecule has 7 heteroatoms. The van der Waals surface area contributed by atoms with Crippen LogP contribution in [0.15, 0.2) is 54.6 Å². The van der Waals surface area contributed by atoms with Gasteiger partial charge in [0, 0.05) is 0 Å². The number of hydrogen-bond donors (Lipinski definition) is 2. The summed E-state index contributed by atoms with van der Waals surface area (Å²) in [6, 6.07) is 14.5. The standard InChI is InChI=1S/C19H19FN2O4/c1-13(14-7-3-2-4-8-14)22-17(23)12-26-18(24)11-21-19(25)15-9-5-6-10-16(15)20/h2-10,13H,11-12H2,1H3,(H,21,25)(H,22,23)/t13-/m0/s1. The minimum absolute atomic E-state index is 0.172. The van der Waals surface area contributed by atoms with E-state index in [1.54, 1.807) is 0 Å². The molecule has 0 aliphatic rings. The van der Waals surface area contributed by atoms with E-state index in [9.17, 15) is 18.8 Å². The van der Waals surface area contributed by atoms with E-state index in [0.717, 1.165) is 11.6 Å². The number of benzene rings is 2. The van der Waals surface area contributed by atoms with Gasteiger partial charge in [0.05, 0.1) is 11.6 Å². The molecule has 6 nitrogen and oxygen atoms in total. The van der Waals surface area contributed by atoms with Crippen molar-refractivity contribution in [2.75, 3.05) is 13.2 Å². The number of rotatable bonds is 7. The van der Waals surface area contributed by atoms with Gasteiger partial charge in [-0.05, 0) is 24.6 Å². The topological polar surface area (TPSA) is 84.5 Å². The average molecular weight is 358 g/mol. The van der Waals surface area contributed by atoms with Crippen LogP contribution >= 0.6 is 0 Å². The molecular weight excluding hydrogens is 339 g/mol. The molecule has 0 saturated carbocycles. The highest BCUT2D eigenvalue weighted by Crippen LogP contribution is 2.10. The normalized spacial score (nSPS) is 11.3. The maximum atomic E-state index is 13.4. The fraction of sp³-hybridized carbons (Fsp3) is 0.211. The zero-order valence-corrected chi connectivity index (χ0v) is 14.2. The van der Waals surface area contributed by atoms with Gasteiger partial charge in [-0.1, -0.05) is 42.5 Å². The number of halogens is 1. The van der Waals surface area contributed by atoms with Crippen molar-refractivity contribution in [2.24, 2.45) is 0 Å². The number of hydrogen-bond acceptors (Lipinski definition) is 4. The fourth-order valence-electron chi connectivity index (χ4n) is 2.20. The Hall–Kier alpha value is -3.22. The summed E-state index contributed by atoms with van der Waals surface area (Å²) in [7, 11) is 0. The second-order valence-electron chi connectivity index (χ2n) is 5.52. The third kappa shape index (κ3) is 5.70. The number of amides is 2. The van der Waals surface area contributed by atoms with E-state index < -0.39 is 36.8 Å². The molecule has 26 heavy (non-hydrogen) atoms. The first-order valence-corrected chi connectivity index (χ1v) is 8.00. The summed E-state index contributed by atoms with van der Waals surface area (Å²) < 4.78 is 18.2. The SMILES string of the molecule is C[C@H](NC(=O)COC(=O)CNC(=O)c1ccccc1F)c1ccccc1. The Kier molecular flexibility index (Phi) is 6.84. The van der Waals surface area contributed by atoms with Crippen molar-refractivity contribution in [3.05, 3.63) is 71.5 Å². The lowest BCUT2D eigenvalue weighted by Crippen LogP contribution is -2.35. The second kappa shape index (κ2) is 9.31. The van der Waals surface area contributed by atoms with Crippen LogP contribution in [0.2, 0.25) is 0 Å². The zero-order chi connectivity index (χ0) is 18.9. The molecule has 2 rings (SSSR count). The van der Waals surface area contributed by atoms with E-state index in [2.05, 4.69) is 10.6 Å². The molecule has 0 saturated heterocycles. The van der Waals surface area contributed by atoms with Gasteiger partial charge in [0.15, 0.2) is 6.61 Å². The number of ether oxygens (including phenoxy) is 1. The fourth-order valence-corrected chi connectivity index (χ4v) is 2.20. The lowest BCUT2D eigenvalue weighted by molar-refractivity contribution is -0.147. The van der Waals surface area contributed by atoms with Crippen LogP contribution in [0.5, 0.6) is 0 Å².